The van der Waals surface area contributed by atoms with Gasteiger partial charge in [0.25, 0.3) is 0 Å². The molecule has 0 radical (unpaired) electrons. The molecular weight excluding hydrogens is 306 g/mol. The lowest BCUT2D eigenvalue weighted by atomic mass is 9.96. The highest BCUT2D eigenvalue weighted by Gasteiger charge is 2.28. The Morgan fingerprint density at radius 3 is 2.62 bits per heavy atom. The van der Waals surface area contributed by atoms with E-state index in [9.17, 15) is 9.90 Å². The van der Waals surface area contributed by atoms with Gasteiger partial charge in [-0.15, -0.1) is 0 Å². The van der Waals surface area contributed by atoms with Crippen molar-refractivity contribution in [3.8, 4) is 0 Å². The van der Waals surface area contributed by atoms with Crippen LogP contribution in [0.5, 0.6) is 0 Å². The Hall–Kier alpha value is -1.53. The van der Waals surface area contributed by atoms with Gasteiger partial charge in [-0.25, -0.2) is 4.79 Å². The third-order valence-electron chi connectivity index (χ3n) is 4.91. The molecule has 0 saturated heterocycles. The van der Waals surface area contributed by atoms with Crippen molar-refractivity contribution in [2.24, 2.45) is 0 Å². The number of aliphatic hydroxyl groups is 1. The van der Waals surface area contributed by atoms with Gasteiger partial charge in [0.2, 0.25) is 0 Å². The molecule has 1 atom stereocenters. The number of nitrogens with zero attached hydrogens (tertiary/aromatic N) is 1. The Bertz CT molecular complexity index is 548. The number of rotatable bonds is 7. The number of aryl methyl sites for hydroxylation is 2. The molecule has 2 rings (SSSR count). The van der Waals surface area contributed by atoms with E-state index >= 15 is 0 Å². The summed E-state index contributed by atoms with van der Waals surface area (Å²) in [6.45, 7) is 6.91. The van der Waals surface area contributed by atoms with Crippen LogP contribution in [-0.4, -0.2) is 48.8 Å². The molecule has 1 heterocycles. The molecule has 1 unspecified atom stereocenters. The maximum Gasteiger partial charge on any atom is 0.314 e. The second-order valence-corrected chi connectivity index (χ2v) is 7.13. The number of carbonyl (C=O) groups excluding carboxylic acids is 1. The van der Waals surface area contributed by atoms with E-state index in [0.717, 1.165) is 12.3 Å². The lowest BCUT2D eigenvalue weighted by Gasteiger charge is -2.25. The van der Waals surface area contributed by atoms with Crippen molar-refractivity contribution < 1.29 is 14.3 Å². The van der Waals surface area contributed by atoms with Crippen LogP contribution in [0.1, 0.15) is 49.7 Å². The van der Waals surface area contributed by atoms with Crippen LogP contribution in [0.15, 0.2) is 10.5 Å². The van der Waals surface area contributed by atoms with E-state index in [0.29, 0.717) is 23.9 Å². The summed E-state index contributed by atoms with van der Waals surface area (Å²) in [4.78, 5) is 14.3. The van der Waals surface area contributed by atoms with Crippen molar-refractivity contribution in [2.75, 3.05) is 26.7 Å². The zero-order valence-electron chi connectivity index (χ0n) is 15.3. The van der Waals surface area contributed by atoms with Gasteiger partial charge in [0, 0.05) is 24.7 Å². The van der Waals surface area contributed by atoms with Crippen LogP contribution in [0.25, 0.3) is 0 Å². The molecule has 1 aromatic rings. The summed E-state index contributed by atoms with van der Waals surface area (Å²) in [6, 6.07) is 2.21. The Morgan fingerprint density at radius 1 is 1.38 bits per heavy atom. The van der Waals surface area contributed by atoms with Gasteiger partial charge in [-0.05, 0) is 46.7 Å². The molecule has 24 heavy (non-hydrogen) atoms. The number of nitrogens with one attached hydrogen (secondary N) is 2. The van der Waals surface area contributed by atoms with Crippen LogP contribution >= 0.6 is 0 Å². The van der Waals surface area contributed by atoms with Crippen LogP contribution in [0.4, 0.5) is 4.79 Å². The van der Waals surface area contributed by atoms with Crippen molar-refractivity contribution in [3.63, 3.8) is 0 Å². The fourth-order valence-corrected chi connectivity index (χ4v) is 3.45. The molecule has 136 valence electrons. The first-order chi connectivity index (χ1) is 11.3. The predicted octanol–water partition coefficient (Wildman–Crippen LogP) is 2.28. The van der Waals surface area contributed by atoms with Crippen molar-refractivity contribution in [1.29, 1.82) is 0 Å². The second kappa shape index (κ2) is 8.03. The highest BCUT2D eigenvalue weighted by atomic mass is 16.3. The average Bonchev–Trinajstić information content (AvgIpc) is 3.15. The zero-order valence-corrected chi connectivity index (χ0v) is 15.3. The summed E-state index contributed by atoms with van der Waals surface area (Å²) in [5, 5.41) is 16.2. The van der Waals surface area contributed by atoms with E-state index in [4.69, 9.17) is 4.42 Å². The van der Waals surface area contributed by atoms with Crippen molar-refractivity contribution >= 4 is 6.03 Å². The molecule has 1 saturated carbocycles. The van der Waals surface area contributed by atoms with Crippen LogP contribution < -0.4 is 10.6 Å². The monoisotopic (exact) mass is 337 g/mol. The SMILES string of the molecule is Cc1cc(C(C)(O)CNC(=O)NCCN(C)C2CCCC2)c(C)o1. The standard InChI is InChI=1S/C18H31N3O3/c1-13-11-16(14(2)24-13)18(3,23)12-20-17(22)19-9-10-21(4)15-7-5-6-8-15/h11,15,23H,5-10,12H2,1-4H3,(H2,19,20,22). The Kier molecular flexibility index (Phi) is 6.29. The molecular formula is C18H31N3O3. The quantitative estimate of drug-likeness (QED) is 0.713. The van der Waals surface area contributed by atoms with E-state index in [2.05, 4.69) is 22.6 Å². The van der Waals surface area contributed by atoms with Crippen LogP contribution in [0.2, 0.25) is 0 Å². The fourth-order valence-electron chi connectivity index (χ4n) is 3.45. The Balaban J connectivity index is 1.71. The lowest BCUT2D eigenvalue weighted by Crippen LogP contribution is -2.45. The first kappa shape index (κ1) is 18.8. The van der Waals surface area contributed by atoms with Crippen LogP contribution in [0, 0.1) is 13.8 Å². The normalized spacial score (nSPS) is 17.9. The minimum atomic E-state index is -1.15. The average molecular weight is 337 g/mol. The third kappa shape index (κ3) is 4.98. The fraction of sp³-hybridized carbons (Fsp3) is 0.722. The first-order valence-electron chi connectivity index (χ1n) is 8.81. The van der Waals surface area contributed by atoms with Gasteiger partial charge in [-0.2, -0.15) is 0 Å². The summed E-state index contributed by atoms with van der Waals surface area (Å²) in [5.41, 5.74) is -0.443. The summed E-state index contributed by atoms with van der Waals surface area (Å²) >= 11 is 0. The molecule has 0 bridgehead atoms. The van der Waals surface area contributed by atoms with Crippen LogP contribution in [-0.2, 0) is 5.60 Å². The molecule has 1 fully saturated rings. The number of likely N-dealkylation sites (N-methyl/N-ethyl adjacent to an activating group) is 1. The molecule has 2 amide bonds. The number of furan rings is 1. The summed E-state index contributed by atoms with van der Waals surface area (Å²) in [7, 11) is 2.12. The summed E-state index contributed by atoms with van der Waals surface area (Å²) in [6.07, 6.45) is 5.14. The number of urea groups is 1. The van der Waals surface area contributed by atoms with E-state index in [1.165, 1.54) is 25.7 Å². The van der Waals surface area contributed by atoms with Gasteiger partial charge in [-0.3, -0.25) is 0 Å². The highest BCUT2D eigenvalue weighted by molar-refractivity contribution is 5.73. The topological polar surface area (TPSA) is 77.7 Å². The smallest absolute Gasteiger partial charge is 0.314 e. The van der Waals surface area contributed by atoms with Crippen molar-refractivity contribution in [2.45, 2.75) is 58.1 Å². The molecule has 0 spiro atoms. The van der Waals surface area contributed by atoms with E-state index < -0.39 is 5.60 Å². The van der Waals surface area contributed by atoms with Gasteiger partial charge < -0.3 is 25.1 Å². The molecule has 1 aliphatic rings. The summed E-state index contributed by atoms with van der Waals surface area (Å²) < 4.78 is 5.45. The van der Waals surface area contributed by atoms with Gasteiger partial charge in [0.05, 0.1) is 6.54 Å². The Morgan fingerprint density at radius 2 is 2.04 bits per heavy atom. The maximum absolute atomic E-state index is 11.9. The largest absolute Gasteiger partial charge is 0.466 e. The van der Waals surface area contributed by atoms with Crippen LogP contribution in [0.3, 0.4) is 0 Å². The number of carbonyl (C=O) groups is 1. The maximum atomic E-state index is 11.9. The number of amides is 2. The number of hydrogen-bond donors (Lipinski definition) is 3. The molecule has 6 nitrogen and oxygen atoms in total. The highest BCUT2D eigenvalue weighted by Crippen LogP contribution is 2.26. The Labute approximate surface area is 144 Å². The molecule has 6 heteroatoms. The van der Waals surface area contributed by atoms with E-state index in [1.807, 2.05) is 19.9 Å². The van der Waals surface area contributed by atoms with E-state index in [1.54, 1.807) is 6.92 Å². The van der Waals surface area contributed by atoms with Crippen molar-refractivity contribution in [3.05, 3.63) is 23.2 Å². The number of hydrogen-bond acceptors (Lipinski definition) is 4. The minimum absolute atomic E-state index is 0.136. The molecule has 0 aromatic carbocycles. The van der Waals surface area contributed by atoms with Gasteiger partial charge in [-0.1, -0.05) is 12.8 Å². The van der Waals surface area contributed by atoms with Gasteiger partial charge in [0.1, 0.15) is 17.1 Å². The molecule has 0 aliphatic heterocycles. The summed E-state index contributed by atoms with van der Waals surface area (Å²) in [5.74, 6) is 1.43. The minimum Gasteiger partial charge on any atom is -0.466 e. The third-order valence-corrected chi connectivity index (χ3v) is 4.91. The second-order valence-electron chi connectivity index (χ2n) is 7.13. The predicted molar refractivity (Wildman–Crippen MR) is 94.0 cm³/mol. The van der Waals surface area contributed by atoms with Gasteiger partial charge >= 0.3 is 6.03 Å². The molecule has 1 aliphatic carbocycles. The molecule has 1 aromatic heterocycles. The van der Waals surface area contributed by atoms with Crippen molar-refractivity contribution in [1.82, 2.24) is 15.5 Å². The zero-order chi connectivity index (χ0) is 17.7. The molecule has 3 N–H and O–H groups in total. The van der Waals surface area contributed by atoms with Gasteiger partial charge in [0.15, 0.2) is 0 Å². The first-order valence-corrected chi connectivity index (χ1v) is 8.81. The lowest BCUT2D eigenvalue weighted by molar-refractivity contribution is 0.0578. The van der Waals surface area contributed by atoms with E-state index in [-0.39, 0.29) is 12.6 Å².